The Bertz CT molecular complexity index is 1330. The van der Waals surface area contributed by atoms with E-state index in [1.807, 2.05) is 31.2 Å². The average molecular weight is 378 g/mol. The van der Waals surface area contributed by atoms with E-state index in [-0.39, 0.29) is 5.41 Å². The summed E-state index contributed by atoms with van der Waals surface area (Å²) in [4.78, 5) is 9.59. The molecule has 2 aromatic carbocycles. The number of hydrogen-bond donors (Lipinski definition) is 0. The van der Waals surface area contributed by atoms with Crippen LogP contribution in [0.15, 0.2) is 83.3 Å². The first-order chi connectivity index (χ1) is 14.0. The molecule has 142 valence electrons. The van der Waals surface area contributed by atoms with Crippen LogP contribution in [0.25, 0.3) is 33.3 Å². The zero-order valence-electron chi connectivity index (χ0n) is 16.8. The lowest BCUT2D eigenvalue weighted by molar-refractivity contribution is 0.589. The van der Waals surface area contributed by atoms with Crippen LogP contribution in [0.4, 0.5) is 0 Å². The van der Waals surface area contributed by atoms with Crippen molar-refractivity contribution in [1.82, 2.24) is 9.97 Å². The number of aryl methyl sites for hydroxylation is 1. The van der Waals surface area contributed by atoms with Crippen LogP contribution in [0, 0.1) is 6.92 Å². The molecule has 3 heteroatoms. The molecule has 3 nitrogen and oxygen atoms in total. The van der Waals surface area contributed by atoms with E-state index in [9.17, 15) is 0 Å². The molecule has 0 atom stereocenters. The van der Waals surface area contributed by atoms with Crippen molar-refractivity contribution < 1.29 is 4.42 Å². The largest absolute Gasteiger partial charge is 0.437 e. The summed E-state index contributed by atoms with van der Waals surface area (Å²) in [5.74, 6) is 0. The maximum Gasteiger partial charge on any atom is 0.227 e. The van der Waals surface area contributed by atoms with Crippen LogP contribution in [-0.4, -0.2) is 9.97 Å². The van der Waals surface area contributed by atoms with Gasteiger partial charge in [-0.2, -0.15) is 0 Å². The van der Waals surface area contributed by atoms with Gasteiger partial charge in [-0.1, -0.05) is 68.4 Å². The standard InChI is InChI=1S/C26H22N2O/c1-17-15-16-20-19-11-7-12-21(24(19)29-25(20)27-17)26(2,3)23-14-8-13-22(28-23)18-9-5-4-6-10-18/h4-16H,1-3H3. The number of nitrogens with zero attached hydrogens (tertiary/aromatic N) is 2. The molecule has 0 aliphatic heterocycles. The second-order valence-electron chi connectivity index (χ2n) is 7.99. The third kappa shape index (κ3) is 2.90. The summed E-state index contributed by atoms with van der Waals surface area (Å²) in [5.41, 5.74) is 6.42. The van der Waals surface area contributed by atoms with Crippen molar-refractivity contribution in [2.24, 2.45) is 0 Å². The molecule has 0 saturated carbocycles. The average Bonchev–Trinajstić information content (AvgIpc) is 3.12. The molecule has 3 aromatic heterocycles. The lowest BCUT2D eigenvalue weighted by atomic mass is 9.80. The fraction of sp³-hybridized carbons (Fsp3) is 0.154. The van der Waals surface area contributed by atoms with Gasteiger partial charge in [0.2, 0.25) is 5.71 Å². The van der Waals surface area contributed by atoms with Crippen LogP contribution in [0.2, 0.25) is 0 Å². The predicted octanol–water partition coefficient (Wildman–Crippen LogP) is 6.68. The summed E-state index contributed by atoms with van der Waals surface area (Å²) in [7, 11) is 0. The van der Waals surface area contributed by atoms with Crippen LogP contribution in [0.5, 0.6) is 0 Å². The lowest BCUT2D eigenvalue weighted by Crippen LogP contribution is -2.21. The number of aromatic nitrogens is 2. The molecule has 0 fully saturated rings. The van der Waals surface area contributed by atoms with Crippen molar-refractivity contribution in [2.75, 3.05) is 0 Å². The molecule has 29 heavy (non-hydrogen) atoms. The van der Waals surface area contributed by atoms with E-state index in [4.69, 9.17) is 9.40 Å². The minimum absolute atomic E-state index is 0.326. The molecule has 3 heterocycles. The zero-order valence-corrected chi connectivity index (χ0v) is 16.8. The van der Waals surface area contributed by atoms with Crippen LogP contribution >= 0.6 is 0 Å². The number of para-hydroxylation sites is 1. The summed E-state index contributed by atoms with van der Waals surface area (Å²) in [6.45, 7) is 6.38. The SMILES string of the molecule is Cc1ccc2c(n1)oc1c(C(C)(C)c3cccc(-c4ccccc4)n3)cccc12. The third-order valence-corrected chi connectivity index (χ3v) is 5.64. The van der Waals surface area contributed by atoms with Crippen molar-refractivity contribution >= 4 is 22.1 Å². The Morgan fingerprint density at radius 2 is 1.52 bits per heavy atom. The molecule has 0 aliphatic rings. The maximum atomic E-state index is 6.25. The minimum atomic E-state index is -0.326. The van der Waals surface area contributed by atoms with Crippen LogP contribution in [0.3, 0.4) is 0 Å². The Kier molecular flexibility index (Phi) is 3.99. The number of pyridine rings is 2. The van der Waals surface area contributed by atoms with Crippen molar-refractivity contribution in [1.29, 1.82) is 0 Å². The Morgan fingerprint density at radius 1 is 0.724 bits per heavy atom. The maximum absolute atomic E-state index is 6.25. The van der Waals surface area contributed by atoms with Gasteiger partial charge in [0.15, 0.2) is 0 Å². The highest BCUT2D eigenvalue weighted by Gasteiger charge is 2.29. The highest BCUT2D eigenvalue weighted by Crippen LogP contribution is 2.39. The van der Waals surface area contributed by atoms with Gasteiger partial charge < -0.3 is 4.42 Å². The first-order valence-electron chi connectivity index (χ1n) is 9.86. The summed E-state index contributed by atoms with van der Waals surface area (Å²) < 4.78 is 6.25. The summed E-state index contributed by atoms with van der Waals surface area (Å²) in [6.07, 6.45) is 0. The third-order valence-electron chi connectivity index (χ3n) is 5.64. The molecule has 0 spiro atoms. The Morgan fingerprint density at radius 3 is 2.34 bits per heavy atom. The Balaban J connectivity index is 1.69. The van der Waals surface area contributed by atoms with Gasteiger partial charge in [-0.25, -0.2) is 4.98 Å². The second-order valence-corrected chi connectivity index (χ2v) is 7.99. The van der Waals surface area contributed by atoms with Crippen molar-refractivity contribution in [3.63, 3.8) is 0 Å². The van der Waals surface area contributed by atoms with E-state index < -0.39 is 0 Å². The van der Waals surface area contributed by atoms with Gasteiger partial charge in [-0.15, -0.1) is 0 Å². The van der Waals surface area contributed by atoms with Gasteiger partial charge >= 0.3 is 0 Å². The molecule has 0 aliphatic carbocycles. The van der Waals surface area contributed by atoms with Crippen LogP contribution in [0.1, 0.15) is 30.8 Å². The topological polar surface area (TPSA) is 38.9 Å². The van der Waals surface area contributed by atoms with E-state index >= 15 is 0 Å². The van der Waals surface area contributed by atoms with E-state index in [1.165, 1.54) is 0 Å². The molecular weight excluding hydrogens is 356 g/mol. The van der Waals surface area contributed by atoms with Crippen LogP contribution < -0.4 is 0 Å². The van der Waals surface area contributed by atoms with E-state index in [0.29, 0.717) is 5.71 Å². The zero-order chi connectivity index (χ0) is 20.0. The molecule has 5 aromatic rings. The molecule has 0 saturated heterocycles. The van der Waals surface area contributed by atoms with E-state index in [2.05, 4.69) is 73.4 Å². The summed E-state index contributed by atoms with van der Waals surface area (Å²) in [6, 6.07) is 27.0. The van der Waals surface area contributed by atoms with Gasteiger partial charge in [-0.05, 0) is 31.2 Å². The molecule has 0 amide bonds. The van der Waals surface area contributed by atoms with Gasteiger partial charge in [0, 0.05) is 33.0 Å². The highest BCUT2D eigenvalue weighted by molar-refractivity contribution is 6.05. The molecular formula is C26H22N2O. The van der Waals surface area contributed by atoms with E-state index in [1.54, 1.807) is 0 Å². The molecule has 5 rings (SSSR count). The second kappa shape index (κ2) is 6.56. The first kappa shape index (κ1) is 17.6. The normalized spacial score (nSPS) is 12.0. The smallest absolute Gasteiger partial charge is 0.227 e. The number of hydrogen-bond acceptors (Lipinski definition) is 3. The van der Waals surface area contributed by atoms with Gasteiger partial charge in [0.05, 0.1) is 11.4 Å². The predicted molar refractivity (Wildman–Crippen MR) is 118 cm³/mol. The number of rotatable bonds is 3. The van der Waals surface area contributed by atoms with Gasteiger partial charge in [-0.3, -0.25) is 4.98 Å². The number of fused-ring (bicyclic) bond motifs is 3. The van der Waals surface area contributed by atoms with Crippen molar-refractivity contribution in [3.8, 4) is 11.3 Å². The fourth-order valence-corrected chi connectivity index (χ4v) is 3.95. The Labute approximate surface area is 170 Å². The first-order valence-corrected chi connectivity index (χ1v) is 9.86. The van der Waals surface area contributed by atoms with Gasteiger partial charge in [0.25, 0.3) is 0 Å². The molecule has 0 bridgehead atoms. The summed E-state index contributed by atoms with van der Waals surface area (Å²) >= 11 is 0. The molecule has 0 unspecified atom stereocenters. The van der Waals surface area contributed by atoms with Crippen molar-refractivity contribution in [3.05, 3.63) is 95.8 Å². The Hall–Kier alpha value is -3.46. The summed E-state index contributed by atoms with van der Waals surface area (Å²) in [5, 5.41) is 2.14. The minimum Gasteiger partial charge on any atom is -0.437 e. The number of benzene rings is 2. The fourth-order valence-electron chi connectivity index (χ4n) is 3.95. The lowest BCUT2D eigenvalue weighted by Gasteiger charge is -2.25. The monoisotopic (exact) mass is 378 g/mol. The van der Waals surface area contributed by atoms with E-state index in [0.717, 1.165) is 44.6 Å². The van der Waals surface area contributed by atoms with Gasteiger partial charge in [0.1, 0.15) is 5.58 Å². The molecule has 0 radical (unpaired) electrons. The van der Waals surface area contributed by atoms with Crippen LogP contribution in [-0.2, 0) is 5.41 Å². The highest BCUT2D eigenvalue weighted by atomic mass is 16.3. The number of furan rings is 1. The quantitative estimate of drug-likeness (QED) is 0.351. The molecule has 0 N–H and O–H groups in total. The van der Waals surface area contributed by atoms with Crippen molar-refractivity contribution in [2.45, 2.75) is 26.2 Å².